The maximum Gasteiger partial charge on any atom is 0.245 e. The van der Waals surface area contributed by atoms with Crippen molar-refractivity contribution in [3.05, 3.63) is 40.5 Å². The van der Waals surface area contributed by atoms with Crippen LogP contribution < -0.4 is 11.1 Å². The number of anilines is 1. The SMILES string of the molecule is Cc1noc(CNc2ccc(C(N)=S)cc2Cl)n1. The lowest BCUT2D eigenvalue weighted by atomic mass is 10.2. The third-order valence-electron chi connectivity index (χ3n) is 2.25. The molecule has 2 aromatic rings. The molecule has 1 heterocycles. The summed E-state index contributed by atoms with van der Waals surface area (Å²) in [7, 11) is 0. The minimum atomic E-state index is 0.316. The third kappa shape index (κ3) is 2.96. The van der Waals surface area contributed by atoms with Crippen molar-refractivity contribution in [1.29, 1.82) is 0 Å². The molecular weight excluding hydrogens is 272 g/mol. The second kappa shape index (κ2) is 5.32. The molecular formula is C11H11ClN4OS. The van der Waals surface area contributed by atoms with E-state index >= 15 is 0 Å². The van der Waals surface area contributed by atoms with Gasteiger partial charge in [-0.1, -0.05) is 29.0 Å². The summed E-state index contributed by atoms with van der Waals surface area (Å²) in [5.74, 6) is 1.10. The number of hydrogen-bond donors (Lipinski definition) is 2. The van der Waals surface area contributed by atoms with E-state index < -0.39 is 0 Å². The molecule has 0 spiro atoms. The Hall–Kier alpha value is -1.66. The highest BCUT2D eigenvalue weighted by Crippen LogP contribution is 2.23. The molecule has 1 aromatic carbocycles. The van der Waals surface area contributed by atoms with Crippen molar-refractivity contribution >= 4 is 34.5 Å². The Balaban J connectivity index is 2.08. The molecule has 0 amide bonds. The Kier molecular flexibility index (Phi) is 3.78. The second-order valence-corrected chi connectivity index (χ2v) is 4.49. The van der Waals surface area contributed by atoms with Crippen LogP contribution in [0.4, 0.5) is 5.69 Å². The molecule has 5 nitrogen and oxygen atoms in total. The Labute approximate surface area is 114 Å². The van der Waals surface area contributed by atoms with Crippen molar-refractivity contribution in [3.63, 3.8) is 0 Å². The predicted octanol–water partition coefficient (Wildman–Crippen LogP) is 2.28. The number of rotatable bonds is 4. The van der Waals surface area contributed by atoms with Gasteiger partial charge in [0, 0.05) is 5.56 Å². The summed E-state index contributed by atoms with van der Waals surface area (Å²) in [6.45, 7) is 2.17. The fourth-order valence-electron chi connectivity index (χ4n) is 1.39. The van der Waals surface area contributed by atoms with Crippen LogP contribution in [0.3, 0.4) is 0 Å². The summed E-state index contributed by atoms with van der Waals surface area (Å²) >= 11 is 11.0. The van der Waals surface area contributed by atoms with Crippen LogP contribution in [0, 0.1) is 6.92 Å². The van der Waals surface area contributed by atoms with Gasteiger partial charge in [0.15, 0.2) is 5.82 Å². The van der Waals surface area contributed by atoms with Crippen LogP contribution >= 0.6 is 23.8 Å². The minimum Gasteiger partial charge on any atom is -0.389 e. The molecule has 7 heteroatoms. The third-order valence-corrected chi connectivity index (χ3v) is 2.80. The van der Waals surface area contributed by atoms with Gasteiger partial charge in [0.1, 0.15) is 4.99 Å². The molecule has 0 saturated carbocycles. The topological polar surface area (TPSA) is 77.0 Å². The molecule has 0 radical (unpaired) electrons. The summed E-state index contributed by atoms with van der Waals surface area (Å²) < 4.78 is 4.98. The van der Waals surface area contributed by atoms with Gasteiger partial charge in [0.05, 0.1) is 17.3 Å². The molecule has 0 fully saturated rings. The number of nitrogens with one attached hydrogen (secondary N) is 1. The molecule has 18 heavy (non-hydrogen) atoms. The summed E-state index contributed by atoms with van der Waals surface area (Å²) in [5.41, 5.74) is 7.01. The highest BCUT2D eigenvalue weighted by molar-refractivity contribution is 7.80. The predicted molar refractivity (Wildman–Crippen MR) is 73.7 cm³/mol. The molecule has 2 rings (SSSR count). The van der Waals surface area contributed by atoms with E-state index in [-0.39, 0.29) is 0 Å². The number of benzene rings is 1. The van der Waals surface area contributed by atoms with Gasteiger partial charge < -0.3 is 15.6 Å². The summed E-state index contributed by atoms with van der Waals surface area (Å²) in [4.78, 5) is 4.39. The Morgan fingerprint density at radius 3 is 2.89 bits per heavy atom. The summed E-state index contributed by atoms with van der Waals surface area (Å²) in [5, 5.41) is 7.33. The van der Waals surface area contributed by atoms with Crippen LogP contribution in [0.15, 0.2) is 22.7 Å². The molecule has 0 saturated heterocycles. The lowest BCUT2D eigenvalue weighted by Crippen LogP contribution is -2.09. The van der Waals surface area contributed by atoms with Crippen molar-refractivity contribution in [2.24, 2.45) is 5.73 Å². The zero-order chi connectivity index (χ0) is 13.1. The van der Waals surface area contributed by atoms with E-state index in [1.54, 1.807) is 25.1 Å². The lowest BCUT2D eigenvalue weighted by molar-refractivity contribution is 0.379. The van der Waals surface area contributed by atoms with Gasteiger partial charge in [0.2, 0.25) is 5.89 Å². The maximum atomic E-state index is 6.10. The first kappa shape index (κ1) is 12.8. The fourth-order valence-corrected chi connectivity index (χ4v) is 1.77. The van der Waals surface area contributed by atoms with E-state index in [0.717, 1.165) is 11.3 Å². The number of aryl methyl sites for hydroxylation is 1. The zero-order valence-corrected chi connectivity index (χ0v) is 11.2. The number of aromatic nitrogens is 2. The van der Waals surface area contributed by atoms with Crippen LogP contribution in [0.5, 0.6) is 0 Å². The van der Waals surface area contributed by atoms with Crippen LogP contribution in [-0.2, 0) is 6.54 Å². The standard InChI is InChI=1S/C11H11ClN4OS/c1-6-15-10(17-16-6)5-14-9-3-2-7(11(13)18)4-8(9)12/h2-4,14H,5H2,1H3,(H2,13,18). The highest BCUT2D eigenvalue weighted by Gasteiger charge is 2.06. The smallest absolute Gasteiger partial charge is 0.245 e. The van der Waals surface area contributed by atoms with E-state index in [1.165, 1.54) is 0 Å². The van der Waals surface area contributed by atoms with Gasteiger partial charge in [-0.25, -0.2) is 0 Å². The molecule has 94 valence electrons. The van der Waals surface area contributed by atoms with E-state index in [1.807, 2.05) is 0 Å². The monoisotopic (exact) mass is 282 g/mol. The van der Waals surface area contributed by atoms with Crippen molar-refractivity contribution < 1.29 is 4.52 Å². The first-order valence-electron chi connectivity index (χ1n) is 5.18. The quantitative estimate of drug-likeness (QED) is 0.838. The molecule has 1 aromatic heterocycles. The number of nitrogens with two attached hydrogens (primary N) is 1. The molecule has 3 N–H and O–H groups in total. The highest BCUT2D eigenvalue weighted by atomic mass is 35.5. The van der Waals surface area contributed by atoms with Crippen LogP contribution in [0.25, 0.3) is 0 Å². The Morgan fingerprint density at radius 1 is 1.56 bits per heavy atom. The number of nitrogens with zero attached hydrogens (tertiary/aromatic N) is 2. The van der Waals surface area contributed by atoms with E-state index in [9.17, 15) is 0 Å². The van der Waals surface area contributed by atoms with Gasteiger partial charge in [-0.3, -0.25) is 0 Å². The van der Waals surface area contributed by atoms with Gasteiger partial charge in [-0.15, -0.1) is 0 Å². The Morgan fingerprint density at radius 2 is 2.33 bits per heavy atom. The average molecular weight is 283 g/mol. The zero-order valence-electron chi connectivity index (χ0n) is 9.61. The number of hydrogen-bond acceptors (Lipinski definition) is 5. The van der Waals surface area contributed by atoms with Crippen molar-refractivity contribution in [2.75, 3.05) is 5.32 Å². The van der Waals surface area contributed by atoms with Gasteiger partial charge in [-0.05, 0) is 25.1 Å². The molecule has 0 unspecified atom stereocenters. The summed E-state index contributed by atoms with van der Waals surface area (Å²) in [6, 6.07) is 5.32. The molecule has 0 atom stereocenters. The number of halogens is 1. The Bertz CT molecular complexity index is 584. The van der Waals surface area contributed by atoms with Gasteiger partial charge >= 0.3 is 0 Å². The molecule has 0 aliphatic heterocycles. The van der Waals surface area contributed by atoms with Crippen LogP contribution in [0.2, 0.25) is 5.02 Å². The van der Waals surface area contributed by atoms with Crippen LogP contribution in [0.1, 0.15) is 17.3 Å². The van der Waals surface area contributed by atoms with Crippen molar-refractivity contribution in [1.82, 2.24) is 10.1 Å². The molecule has 0 aliphatic carbocycles. The maximum absolute atomic E-state index is 6.10. The van der Waals surface area contributed by atoms with E-state index in [4.69, 9.17) is 34.1 Å². The van der Waals surface area contributed by atoms with E-state index in [2.05, 4.69) is 15.5 Å². The minimum absolute atomic E-state index is 0.316. The first-order valence-corrected chi connectivity index (χ1v) is 5.97. The fraction of sp³-hybridized carbons (Fsp3) is 0.182. The molecule has 0 aliphatic rings. The van der Waals surface area contributed by atoms with E-state index in [0.29, 0.717) is 28.3 Å². The average Bonchev–Trinajstić information content (AvgIpc) is 2.73. The first-order chi connectivity index (χ1) is 8.56. The second-order valence-electron chi connectivity index (χ2n) is 3.65. The normalized spacial score (nSPS) is 10.3. The van der Waals surface area contributed by atoms with Crippen LogP contribution in [-0.4, -0.2) is 15.1 Å². The summed E-state index contributed by atoms with van der Waals surface area (Å²) in [6.07, 6.45) is 0. The van der Waals surface area contributed by atoms with Gasteiger partial charge in [-0.2, -0.15) is 4.98 Å². The molecule has 0 bridgehead atoms. The van der Waals surface area contributed by atoms with Gasteiger partial charge in [0.25, 0.3) is 0 Å². The lowest BCUT2D eigenvalue weighted by Gasteiger charge is -2.07. The number of thiocarbonyl (C=S) groups is 1. The van der Waals surface area contributed by atoms with Crippen molar-refractivity contribution in [2.45, 2.75) is 13.5 Å². The largest absolute Gasteiger partial charge is 0.389 e. The van der Waals surface area contributed by atoms with Crippen molar-refractivity contribution in [3.8, 4) is 0 Å².